The van der Waals surface area contributed by atoms with Crippen molar-refractivity contribution < 1.29 is 9.18 Å². The van der Waals surface area contributed by atoms with Gasteiger partial charge in [-0.05, 0) is 42.2 Å². The van der Waals surface area contributed by atoms with Crippen LogP contribution in [0.2, 0.25) is 0 Å². The summed E-state index contributed by atoms with van der Waals surface area (Å²) in [4.78, 5) is 12.5. The standard InChI is InChI=1S/C17H17FO/c1-3-12-8-9-13(4-2)16(10-12)17(19)14-6-5-7-15(18)11-14/h5-11H,3-4H2,1-2H3. The summed E-state index contributed by atoms with van der Waals surface area (Å²) in [6.45, 7) is 4.07. The van der Waals surface area contributed by atoms with E-state index >= 15 is 0 Å². The first-order chi connectivity index (χ1) is 9.15. The lowest BCUT2D eigenvalue weighted by Gasteiger charge is -2.09. The molecule has 2 heteroatoms. The third kappa shape index (κ3) is 2.90. The Kier molecular flexibility index (Phi) is 4.10. The van der Waals surface area contributed by atoms with Crippen molar-refractivity contribution in [3.8, 4) is 0 Å². The maximum absolute atomic E-state index is 13.2. The Balaban J connectivity index is 2.48. The van der Waals surface area contributed by atoms with Crippen LogP contribution in [0.3, 0.4) is 0 Å². The molecule has 2 rings (SSSR count). The molecule has 0 atom stereocenters. The normalized spacial score (nSPS) is 10.5. The smallest absolute Gasteiger partial charge is 0.193 e. The third-order valence-corrected chi connectivity index (χ3v) is 3.29. The molecule has 0 heterocycles. The van der Waals surface area contributed by atoms with Gasteiger partial charge in [-0.3, -0.25) is 4.79 Å². The predicted octanol–water partition coefficient (Wildman–Crippen LogP) is 4.18. The summed E-state index contributed by atoms with van der Waals surface area (Å²) < 4.78 is 13.2. The molecule has 0 saturated heterocycles. The van der Waals surface area contributed by atoms with Crippen molar-refractivity contribution in [1.29, 1.82) is 0 Å². The van der Waals surface area contributed by atoms with Gasteiger partial charge in [0.1, 0.15) is 5.82 Å². The van der Waals surface area contributed by atoms with Crippen molar-refractivity contribution in [3.05, 3.63) is 70.5 Å². The zero-order valence-electron chi connectivity index (χ0n) is 11.2. The van der Waals surface area contributed by atoms with E-state index in [0.717, 1.165) is 24.0 Å². The molecule has 19 heavy (non-hydrogen) atoms. The Morgan fingerprint density at radius 3 is 2.47 bits per heavy atom. The van der Waals surface area contributed by atoms with Gasteiger partial charge in [0, 0.05) is 11.1 Å². The molecular weight excluding hydrogens is 239 g/mol. The van der Waals surface area contributed by atoms with E-state index in [4.69, 9.17) is 0 Å². The number of rotatable bonds is 4. The van der Waals surface area contributed by atoms with Crippen molar-refractivity contribution >= 4 is 5.78 Å². The molecule has 0 bridgehead atoms. The monoisotopic (exact) mass is 256 g/mol. The highest BCUT2D eigenvalue weighted by Gasteiger charge is 2.14. The molecule has 0 aromatic heterocycles. The van der Waals surface area contributed by atoms with Crippen molar-refractivity contribution in [2.24, 2.45) is 0 Å². The van der Waals surface area contributed by atoms with Crippen LogP contribution in [0.1, 0.15) is 40.9 Å². The minimum atomic E-state index is -0.379. The van der Waals surface area contributed by atoms with Crippen LogP contribution in [0.25, 0.3) is 0 Å². The third-order valence-electron chi connectivity index (χ3n) is 3.29. The molecule has 0 N–H and O–H groups in total. The number of ketones is 1. The Hall–Kier alpha value is -1.96. The van der Waals surface area contributed by atoms with Gasteiger partial charge in [-0.2, -0.15) is 0 Å². The van der Waals surface area contributed by atoms with Gasteiger partial charge in [-0.25, -0.2) is 4.39 Å². The Bertz CT molecular complexity index is 602. The van der Waals surface area contributed by atoms with Crippen molar-refractivity contribution in [2.45, 2.75) is 26.7 Å². The van der Waals surface area contributed by atoms with Gasteiger partial charge in [0.05, 0.1) is 0 Å². The number of carbonyl (C=O) groups is 1. The fourth-order valence-corrected chi connectivity index (χ4v) is 2.15. The Morgan fingerprint density at radius 1 is 1.05 bits per heavy atom. The van der Waals surface area contributed by atoms with Crippen molar-refractivity contribution in [3.63, 3.8) is 0 Å². The van der Waals surface area contributed by atoms with Gasteiger partial charge in [-0.15, -0.1) is 0 Å². The van der Waals surface area contributed by atoms with Gasteiger partial charge in [-0.1, -0.05) is 38.1 Å². The first-order valence-electron chi connectivity index (χ1n) is 6.57. The maximum atomic E-state index is 13.2. The van der Waals surface area contributed by atoms with Gasteiger partial charge in [0.25, 0.3) is 0 Å². The zero-order valence-corrected chi connectivity index (χ0v) is 11.2. The lowest BCUT2D eigenvalue weighted by Crippen LogP contribution is -2.06. The van der Waals surface area contributed by atoms with Crippen LogP contribution in [0.15, 0.2) is 42.5 Å². The molecule has 0 radical (unpaired) electrons. The van der Waals surface area contributed by atoms with Crippen LogP contribution >= 0.6 is 0 Å². The minimum absolute atomic E-state index is 0.105. The van der Waals surface area contributed by atoms with Gasteiger partial charge in [0.2, 0.25) is 0 Å². The molecule has 0 fully saturated rings. The molecular formula is C17H17FO. The summed E-state index contributed by atoms with van der Waals surface area (Å²) in [5, 5.41) is 0. The zero-order chi connectivity index (χ0) is 13.8. The molecule has 0 aliphatic heterocycles. The second-order valence-electron chi connectivity index (χ2n) is 4.54. The molecule has 1 nitrogen and oxygen atoms in total. The molecule has 2 aromatic carbocycles. The molecule has 0 aliphatic carbocycles. The van der Waals surface area contributed by atoms with Gasteiger partial charge < -0.3 is 0 Å². The highest BCUT2D eigenvalue weighted by atomic mass is 19.1. The average molecular weight is 256 g/mol. The average Bonchev–Trinajstić information content (AvgIpc) is 2.45. The SMILES string of the molecule is CCc1ccc(CC)c(C(=O)c2cccc(F)c2)c1. The maximum Gasteiger partial charge on any atom is 0.193 e. The van der Waals surface area contributed by atoms with Crippen molar-refractivity contribution in [1.82, 2.24) is 0 Å². The number of halogens is 1. The highest BCUT2D eigenvalue weighted by Crippen LogP contribution is 2.18. The van der Waals surface area contributed by atoms with Crippen LogP contribution in [0.5, 0.6) is 0 Å². The van der Waals surface area contributed by atoms with E-state index in [1.807, 2.05) is 25.1 Å². The Morgan fingerprint density at radius 2 is 1.84 bits per heavy atom. The number of carbonyl (C=O) groups excluding carboxylic acids is 1. The molecule has 2 aromatic rings. The summed E-state index contributed by atoms with van der Waals surface area (Å²) in [7, 11) is 0. The second-order valence-corrected chi connectivity index (χ2v) is 4.54. The quantitative estimate of drug-likeness (QED) is 0.750. The van der Waals surface area contributed by atoms with E-state index in [1.165, 1.54) is 12.1 Å². The molecule has 0 saturated carbocycles. The fourth-order valence-electron chi connectivity index (χ4n) is 2.15. The molecule has 0 spiro atoms. The molecule has 98 valence electrons. The van der Waals surface area contributed by atoms with Gasteiger partial charge in [0.15, 0.2) is 5.78 Å². The lowest BCUT2D eigenvalue weighted by atomic mass is 9.94. The van der Waals surface area contributed by atoms with Crippen LogP contribution in [-0.2, 0) is 12.8 Å². The summed E-state index contributed by atoms with van der Waals surface area (Å²) in [6, 6.07) is 11.8. The van der Waals surface area contributed by atoms with E-state index in [9.17, 15) is 9.18 Å². The molecule has 0 aliphatic rings. The van der Waals surface area contributed by atoms with Crippen LogP contribution in [-0.4, -0.2) is 5.78 Å². The molecule has 0 unspecified atom stereocenters. The second kappa shape index (κ2) is 5.79. The van der Waals surface area contributed by atoms with E-state index in [-0.39, 0.29) is 11.6 Å². The van der Waals surface area contributed by atoms with Crippen molar-refractivity contribution in [2.75, 3.05) is 0 Å². The topological polar surface area (TPSA) is 17.1 Å². The first kappa shape index (κ1) is 13.5. The largest absolute Gasteiger partial charge is 0.289 e. The fraction of sp³-hybridized carbons (Fsp3) is 0.235. The summed E-state index contributed by atoms with van der Waals surface area (Å²) in [5.41, 5.74) is 3.22. The summed E-state index contributed by atoms with van der Waals surface area (Å²) in [5.74, 6) is -0.484. The van der Waals surface area contributed by atoms with E-state index in [2.05, 4.69) is 6.92 Å². The summed E-state index contributed by atoms with van der Waals surface area (Å²) >= 11 is 0. The predicted molar refractivity (Wildman–Crippen MR) is 75.0 cm³/mol. The Labute approximate surface area is 113 Å². The van der Waals surface area contributed by atoms with E-state index in [1.54, 1.807) is 12.1 Å². The van der Waals surface area contributed by atoms with Crippen LogP contribution in [0.4, 0.5) is 4.39 Å². The number of hydrogen-bond donors (Lipinski definition) is 0. The van der Waals surface area contributed by atoms with E-state index in [0.29, 0.717) is 11.1 Å². The van der Waals surface area contributed by atoms with Crippen LogP contribution < -0.4 is 0 Å². The number of benzene rings is 2. The van der Waals surface area contributed by atoms with E-state index < -0.39 is 0 Å². The summed E-state index contributed by atoms with van der Waals surface area (Å²) in [6.07, 6.45) is 1.67. The van der Waals surface area contributed by atoms with Gasteiger partial charge >= 0.3 is 0 Å². The lowest BCUT2D eigenvalue weighted by molar-refractivity contribution is 0.103. The minimum Gasteiger partial charge on any atom is -0.289 e. The number of aryl methyl sites for hydroxylation is 2. The van der Waals surface area contributed by atoms with Crippen LogP contribution in [0, 0.1) is 5.82 Å². The highest BCUT2D eigenvalue weighted by molar-refractivity contribution is 6.10. The number of hydrogen-bond acceptors (Lipinski definition) is 1. The molecule has 0 amide bonds. The first-order valence-corrected chi connectivity index (χ1v) is 6.57.